The van der Waals surface area contributed by atoms with E-state index >= 15 is 0 Å². The van der Waals surface area contributed by atoms with Crippen molar-refractivity contribution in [2.45, 2.75) is 26.2 Å². The summed E-state index contributed by atoms with van der Waals surface area (Å²) >= 11 is 0. The average molecular weight is 275 g/mol. The molecule has 0 aliphatic carbocycles. The first-order valence-electron chi connectivity index (χ1n) is 6.78. The molecule has 1 fully saturated rings. The standard InChI is InChI=1S/C14H17N3O3/c1-9(2)6-12(18)17-7-10(8-17)14-15-13(16-20-14)11-4-3-5-19-11/h3-5,9-10H,6-8H2,1-2H3. The second-order valence-corrected chi connectivity index (χ2v) is 5.53. The van der Waals surface area contributed by atoms with Crippen LogP contribution >= 0.6 is 0 Å². The minimum atomic E-state index is 0.141. The predicted octanol–water partition coefficient (Wildman–Crippen LogP) is 2.30. The van der Waals surface area contributed by atoms with Crippen molar-refractivity contribution >= 4 is 5.91 Å². The molecule has 0 aromatic carbocycles. The molecule has 3 heterocycles. The molecule has 1 saturated heterocycles. The van der Waals surface area contributed by atoms with Crippen molar-refractivity contribution in [3.05, 3.63) is 24.3 Å². The van der Waals surface area contributed by atoms with Crippen LogP contribution in [0.4, 0.5) is 0 Å². The smallest absolute Gasteiger partial charge is 0.238 e. The second-order valence-electron chi connectivity index (χ2n) is 5.53. The highest BCUT2D eigenvalue weighted by molar-refractivity contribution is 5.77. The van der Waals surface area contributed by atoms with Crippen LogP contribution in [-0.2, 0) is 4.79 Å². The van der Waals surface area contributed by atoms with Crippen LogP contribution in [0.2, 0.25) is 0 Å². The molecule has 0 atom stereocenters. The van der Waals surface area contributed by atoms with Gasteiger partial charge in [0, 0.05) is 19.5 Å². The number of carbonyl (C=O) groups excluding carboxylic acids is 1. The number of rotatable bonds is 4. The van der Waals surface area contributed by atoms with Crippen molar-refractivity contribution in [2.75, 3.05) is 13.1 Å². The third-order valence-corrected chi connectivity index (χ3v) is 3.35. The number of hydrogen-bond acceptors (Lipinski definition) is 5. The Labute approximate surface area is 116 Å². The van der Waals surface area contributed by atoms with Crippen LogP contribution in [0.1, 0.15) is 32.1 Å². The van der Waals surface area contributed by atoms with E-state index in [0.29, 0.717) is 42.9 Å². The average Bonchev–Trinajstić information content (AvgIpc) is 2.95. The lowest BCUT2D eigenvalue weighted by atomic mass is 9.98. The Morgan fingerprint density at radius 3 is 2.95 bits per heavy atom. The lowest BCUT2D eigenvalue weighted by Gasteiger charge is -2.37. The quantitative estimate of drug-likeness (QED) is 0.856. The predicted molar refractivity (Wildman–Crippen MR) is 70.8 cm³/mol. The van der Waals surface area contributed by atoms with Crippen LogP contribution < -0.4 is 0 Å². The monoisotopic (exact) mass is 275 g/mol. The van der Waals surface area contributed by atoms with E-state index in [9.17, 15) is 4.79 Å². The molecule has 2 aromatic heterocycles. The summed E-state index contributed by atoms with van der Waals surface area (Å²) in [5.74, 6) is 2.34. The first-order chi connectivity index (χ1) is 9.63. The van der Waals surface area contributed by atoms with Gasteiger partial charge in [0.2, 0.25) is 17.6 Å². The van der Waals surface area contributed by atoms with Crippen LogP contribution in [0.15, 0.2) is 27.3 Å². The summed E-state index contributed by atoms with van der Waals surface area (Å²) in [7, 11) is 0. The second kappa shape index (κ2) is 5.11. The Hall–Kier alpha value is -2.11. The molecular weight excluding hydrogens is 258 g/mol. The van der Waals surface area contributed by atoms with Gasteiger partial charge < -0.3 is 13.8 Å². The number of likely N-dealkylation sites (tertiary alicyclic amines) is 1. The van der Waals surface area contributed by atoms with Crippen molar-refractivity contribution < 1.29 is 13.7 Å². The highest BCUT2D eigenvalue weighted by Crippen LogP contribution is 2.28. The van der Waals surface area contributed by atoms with Gasteiger partial charge in [0.25, 0.3) is 0 Å². The van der Waals surface area contributed by atoms with Gasteiger partial charge in [-0.15, -0.1) is 0 Å². The van der Waals surface area contributed by atoms with Crippen molar-refractivity contribution in [2.24, 2.45) is 5.92 Å². The summed E-state index contributed by atoms with van der Waals surface area (Å²) in [4.78, 5) is 18.0. The summed E-state index contributed by atoms with van der Waals surface area (Å²) < 4.78 is 10.5. The number of aromatic nitrogens is 2. The third-order valence-electron chi connectivity index (χ3n) is 3.35. The van der Waals surface area contributed by atoms with Gasteiger partial charge in [-0.1, -0.05) is 19.0 Å². The molecule has 106 valence electrons. The molecular formula is C14H17N3O3. The van der Waals surface area contributed by atoms with Gasteiger partial charge in [-0.25, -0.2) is 0 Å². The molecule has 0 radical (unpaired) electrons. The van der Waals surface area contributed by atoms with Gasteiger partial charge in [-0.05, 0) is 18.1 Å². The van der Waals surface area contributed by atoms with Crippen LogP contribution in [0.25, 0.3) is 11.6 Å². The van der Waals surface area contributed by atoms with Gasteiger partial charge in [0.15, 0.2) is 5.76 Å². The first-order valence-corrected chi connectivity index (χ1v) is 6.78. The highest BCUT2D eigenvalue weighted by atomic mass is 16.5. The summed E-state index contributed by atoms with van der Waals surface area (Å²) in [6.45, 7) is 5.41. The lowest BCUT2D eigenvalue weighted by molar-refractivity contribution is -0.136. The van der Waals surface area contributed by atoms with E-state index in [1.54, 1.807) is 18.4 Å². The molecule has 3 rings (SSSR count). The summed E-state index contributed by atoms with van der Waals surface area (Å²) in [6, 6.07) is 3.56. The van der Waals surface area contributed by atoms with E-state index in [-0.39, 0.29) is 11.8 Å². The van der Waals surface area contributed by atoms with Gasteiger partial charge in [0.1, 0.15) is 0 Å². The van der Waals surface area contributed by atoms with Crippen molar-refractivity contribution in [1.29, 1.82) is 0 Å². The minimum absolute atomic E-state index is 0.141. The largest absolute Gasteiger partial charge is 0.461 e. The number of hydrogen-bond donors (Lipinski definition) is 0. The normalized spacial score (nSPS) is 15.7. The minimum Gasteiger partial charge on any atom is -0.461 e. The molecule has 0 spiro atoms. The molecule has 20 heavy (non-hydrogen) atoms. The van der Waals surface area contributed by atoms with E-state index in [2.05, 4.69) is 10.1 Å². The van der Waals surface area contributed by atoms with Gasteiger partial charge in [-0.3, -0.25) is 4.79 Å². The molecule has 0 N–H and O–H groups in total. The zero-order valence-corrected chi connectivity index (χ0v) is 11.6. The molecule has 0 bridgehead atoms. The molecule has 0 unspecified atom stereocenters. The number of nitrogens with zero attached hydrogens (tertiary/aromatic N) is 3. The Morgan fingerprint density at radius 1 is 1.50 bits per heavy atom. The molecule has 0 saturated carbocycles. The zero-order valence-electron chi connectivity index (χ0n) is 11.6. The Balaban J connectivity index is 1.59. The van der Waals surface area contributed by atoms with Gasteiger partial charge in [-0.2, -0.15) is 4.98 Å². The van der Waals surface area contributed by atoms with E-state index in [0.717, 1.165) is 0 Å². The molecule has 6 nitrogen and oxygen atoms in total. The zero-order chi connectivity index (χ0) is 14.1. The summed E-state index contributed by atoms with van der Waals surface area (Å²) in [6.07, 6.45) is 2.16. The van der Waals surface area contributed by atoms with E-state index in [4.69, 9.17) is 8.94 Å². The molecule has 1 amide bonds. The van der Waals surface area contributed by atoms with E-state index < -0.39 is 0 Å². The van der Waals surface area contributed by atoms with Crippen molar-refractivity contribution in [1.82, 2.24) is 15.0 Å². The SMILES string of the molecule is CC(C)CC(=O)N1CC(c2nc(-c3ccco3)no2)C1. The van der Waals surface area contributed by atoms with Crippen LogP contribution in [0.3, 0.4) is 0 Å². The molecule has 1 aliphatic heterocycles. The van der Waals surface area contributed by atoms with Gasteiger partial charge >= 0.3 is 0 Å². The van der Waals surface area contributed by atoms with Crippen LogP contribution in [0.5, 0.6) is 0 Å². The first kappa shape index (κ1) is 12.9. The van der Waals surface area contributed by atoms with Crippen molar-refractivity contribution in [3.63, 3.8) is 0 Å². The third kappa shape index (κ3) is 2.45. The maximum absolute atomic E-state index is 11.8. The topological polar surface area (TPSA) is 72.4 Å². The number of furan rings is 1. The maximum atomic E-state index is 11.8. The van der Waals surface area contributed by atoms with Crippen molar-refractivity contribution in [3.8, 4) is 11.6 Å². The fourth-order valence-corrected chi connectivity index (χ4v) is 2.22. The number of amides is 1. The van der Waals surface area contributed by atoms with E-state index in [1.807, 2.05) is 18.7 Å². The highest BCUT2D eigenvalue weighted by Gasteiger charge is 2.35. The number of carbonyl (C=O) groups is 1. The van der Waals surface area contributed by atoms with E-state index in [1.165, 1.54) is 0 Å². The van der Waals surface area contributed by atoms with Crippen LogP contribution in [-0.4, -0.2) is 34.0 Å². The Morgan fingerprint density at radius 2 is 2.30 bits per heavy atom. The fourth-order valence-electron chi connectivity index (χ4n) is 2.22. The Kier molecular flexibility index (Phi) is 3.30. The fraction of sp³-hybridized carbons (Fsp3) is 0.500. The molecule has 1 aliphatic rings. The molecule has 2 aromatic rings. The molecule has 6 heteroatoms. The van der Waals surface area contributed by atoms with Gasteiger partial charge in [0.05, 0.1) is 12.2 Å². The lowest BCUT2D eigenvalue weighted by Crippen LogP contribution is -2.48. The van der Waals surface area contributed by atoms with Crippen LogP contribution in [0, 0.1) is 5.92 Å². The summed E-state index contributed by atoms with van der Waals surface area (Å²) in [5, 5.41) is 3.90. The summed E-state index contributed by atoms with van der Waals surface area (Å²) in [5.41, 5.74) is 0. The maximum Gasteiger partial charge on any atom is 0.238 e. The Bertz CT molecular complexity index is 583.